The molecule has 0 bridgehead atoms. The van der Waals surface area contributed by atoms with Gasteiger partial charge in [0.05, 0.1) is 11.8 Å². The molecule has 96 valence electrons. The lowest BCUT2D eigenvalue weighted by Crippen LogP contribution is -2.05. The fraction of sp³-hybridized carbons (Fsp3) is 0.0833. The maximum absolute atomic E-state index is 12.6. The van der Waals surface area contributed by atoms with Crippen molar-refractivity contribution in [1.82, 2.24) is 19.7 Å². The normalized spacial score (nSPS) is 11.9. The van der Waals surface area contributed by atoms with Crippen LogP contribution in [0.2, 0.25) is 0 Å². The lowest BCUT2D eigenvalue weighted by atomic mass is 10.2. The zero-order valence-electron chi connectivity index (χ0n) is 9.46. The van der Waals surface area contributed by atoms with Gasteiger partial charge in [-0.25, -0.2) is 9.67 Å². The summed E-state index contributed by atoms with van der Waals surface area (Å²) < 4.78 is 39.1. The Hall–Kier alpha value is -2.44. The van der Waals surface area contributed by atoms with Crippen molar-refractivity contribution < 1.29 is 13.2 Å². The minimum atomic E-state index is -4.42. The van der Waals surface area contributed by atoms with Crippen LogP contribution in [0.3, 0.4) is 0 Å². The van der Waals surface area contributed by atoms with Crippen LogP contribution < -0.4 is 0 Å². The van der Waals surface area contributed by atoms with Gasteiger partial charge in [-0.05, 0) is 18.2 Å². The number of hydrogen-bond donors (Lipinski definition) is 0. The smallest absolute Gasteiger partial charge is 0.252 e. The largest absolute Gasteiger partial charge is 0.417 e. The van der Waals surface area contributed by atoms with E-state index in [2.05, 4.69) is 15.1 Å². The van der Waals surface area contributed by atoms with Crippen molar-refractivity contribution in [3.8, 4) is 5.82 Å². The van der Waals surface area contributed by atoms with Crippen LogP contribution in [0, 0.1) is 0 Å². The second-order valence-corrected chi connectivity index (χ2v) is 3.89. The van der Waals surface area contributed by atoms with Gasteiger partial charge in [-0.1, -0.05) is 6.07 Å². The highest BCUT2D eigenvalue weighted by Gasteiger charge is 2.31. The molecule has 19 heavy (non-hydrogen) atoms. The van der Waals surface area contributed by atoms with Gasteiger partial charge in [0.15, 0.2) is 5.82 Å². The molecule has 3 aromatic heterocycles. The third kappa shape index (κ3) is 2.14. The van der Waals surface area contributed by atoms with Gasteiger partial charge in [0, 0.05) is 12.4 Å². The van der Waals surface area contributed by atoms with Crippen LogP contribution in [-0.2, 0) is 6.18 Å². The molecule has 0 spiro atoms. The fourth-order valence-electron chi connectivity index (χ4n) is 1.67. The number of halogens is 3. The summed E-state index contributed by atoms with van der Waals surface area (Å²) in [6, 6.07) is 6.19. The van der Waals surface area contributed by atoms with Crippen molar-refractivity contribution in [1.29, 1.82) is 0 Å². The molecule has 0 aliphatic carbocycles. The van der Waals surface area contributed by atoms with E-state index in [0.717, 1.165) is 12.3 Å². The SMILES string of the molecule is FC(F)(F)c1cnc2cn(-c3ccccn3)nc2c1. The molecule has 4 nitrogen and oxygen atoms in total. The summed E-state index contributed by atoms with van der Waals surface area (Å²) in [6.07, 6.45) is -0.503. The Labute approximate surface area is 105 Å². The lowest BCUT2D eigenvalue weighted by Gasteiger charge is -2.04. The third-order valence-corrected chi connectivity index (χ3v) is 2.57. The first-order chi connectivity index (χ1) is 9.04. The molecule has 0 aromatic carbocycles. The molecule has 3 rings (SSSR count). The van der Waals surface area contributed by atoms with Crippen molar-refractivity contribution in [3.63, 3.8) is 0 Å². The number of alkyl halides is 3. The van der Waals surface area contributed by atoms with E-state index < -0.39 is 11.7 Å². The summed E-state index contributed by atoms with van der Waals surface area (Å²) in [5.41, 5.74) is -0.245. The number of nitrogens with zero attached hydrogens (tertiary/aromatic N) is 4. The Balaban J connectivity index is 2.12. The Kier molecular flexibility index (Phi) is 2.48. The van der Waals surface area contributed by atoms with Crippen LogP contribution in [0.25, 0.3) is 16.9 Å². The van der Waals surface area contributed by atoms with E-state index in [1.165, 1.54) is 10.9 Å². The van der Waals surface area contributed by atoms with Crippen molar-refractivity contribution >= 4 is 11.0 Å². The molecule has 0 saturated carbocycles. The van der Waals surface area contributed by atoms with Crippen molar-refractivity contribution in [2.75, 3.05) is 0 Å². The van der Waals surface area contributed by atoms with E-state index in [9.17, 15) is 13.2 Å². The second-order valence-electron chi connectivity index (χ2n) is 3.89. The Morgan fingerprint density at radius 1 is 1.05 bits per heavy atom. The Morgan fingerprint density at radius 2 is 1.89 bits per heavy atom. The molecular formula is C12H7F3N4. The van der Waals surface area contributed by atoms with Gasteiger partial charge in [0.25, 0.3) is 0 Å². The predicted octanol–water partition coefficient (Wildman–Crippen LogP) is 2.83. The van der Waals surface area contributed by atoms with E-state index >= 15 is 0 Å². The number of fused-ring (bicyclic) bond motifs is 1. The zero-order chi connectivity index (χ0) is 13.5. The molecule has 7 heteroatoms. The van der Waals surface area contributed by atoms with Crippen LogP contribution in [0.5, 0.6) is 0 Å². The van der Waals surface area contributed by atoms with Crippen LogP contribution >= 0.6 is 0 Å². The minimum Gasteiger partial charge on any atom is -0.252 e. The molecule has 0 aliphatic rings. The van der Waals surface area contributed by atoms with Crippen molar-refractivity contribution in [2.45, 2.75) is 6.18 Å². The lowest BCUT2D eigenvalue weighted by molar-refractivity contribution is -0.137. The van der Waals surface area contributed by atoms with Crippen molar-refractivity contribution in [2.24, 2.45) is 0 Å². The maximum Gasteiger partial charge on any atom is 0.417 e. The average Bonchev–Trinajstić information content (AvgIpc) is 2.81. The molecule has 0 aliphatic heterocycles. The van der Waals surface area contributed by atoms with Gasteiger partial charge in [-0.15, -0.1) is 0 Å². The quantitative estimate of drug-likeness (QED) is 0.678. The van der Waals surface area contributed by atoms with E-state index in [0.29, 0.717) is 11.3 Å². The molecule has 0 saturated heterocycles. The molecular weight excluding hydrogens is 257 g/mol. The number of hydrogen-bond acceptors (Lipinski definition) is 3. The summed E-state index contributed by atoms with van der Waals surface area (Å²) in [5, 5.41) is 4.05. The van der Waals surface area contributed by atoms with E-state index in [-0.39, 0.29) is 5.52 Å². The van der Waals surface area contributed by atoms with Crippen LogP contribution in [-0.4, -0.2) is 19.7 Å². The van der Waals surface area contributed by atoms with Gasteiger partial charge >= 0.3 is 6.18 Å². The maximum atomic E-state index is 12.6. The predicted molar refractivity (Wildman–Crippen MR) is 61.7 cm³/mol. The van der Waals surface area contributed by atoms with Crippen molar-refractivity contribution in [3.05, 3.63) is 48.4 Å². The standard InChI is InChI=1S/C12H7F3N4/c13-12(14,15)8-5-9-10(17-6-8)7-19(18-9)11-3-1-2-4-16-11/h1-7H. The van der Waals surface area contributed by atoms with E-state index in [1.54, 1.807) is 24.4 Å². The number of rotatable bonds is 1. The summed E-state index contributed by atoms with van der Waals surface area (Å²) in [4.78, 5) is 7.83. The van der Waals surface area contributed by atoms with Gasteiger partial charge in [-0.2, -0.15) is 18.3 Å². The zero-order valence-corrected chi connectivity index (χ0v) is 9.46. The van der Waals surface area contributed by atoms with E-state index in [4.69, 9.17) is 0 Å². The van der Waals surface area contributed by atoms with Gasteiger partial charge in [0.1, 0.15) is 11.0 Å². The number of aromatic nitrogens is 4. The molecule has 0 unspecified atom stereocenters. The molecule has 0 radical (unpaired) electrons. The van der Waals surface area contributed by atoms with Gasteiger partial charge in [0.2, 0.25) is 0 Å². The Bertz CT molecular complexity index is 719. The van der Waals surface area contributed by atoms with E-state index in [1.807, 2.05) is 0 Å². The van der Waals surface area contributed by atoms with Gasteiger partial charge in [-0.3, -0.25) is 4.98 Å². The topological polar surface area (TPSA) is 43.6 Å². The average molecular weight is 264 g/mol. The summed E-state index contributed by atoms with van der Waals surface area (Å²) in [5.74, 6) is 0.522. The first-order valence-corrected chi connectivity index (χ1v) is 5.38. The molecule has 3 heterocycles. The second kappa shape index (κ2) is 4.04. The number of pyridine rings is 2. The third-order valence-electron chi connectivity index (χ3n) is 2.57. The molecule has 3 aromatic rings. The highest BCUT2D eigenvalue weighted by atomic mass is 19.4. The van der Waals surface area contributed by atoms with Gasteiger partial charge < -0.3 is 0 Å². The Morgan fingerprint density at radius 3 is 2.58 bits per heavy atom. The highest BCUT2D eigenvalue weighted by molar-refractivity contribution is 5.74. The molecule has 0 amide bonds. The monoisotopic (exact) mass is 264 g/mol. The molecule has 0 N–H and O–H groups in total. The summed E-state index contributed by atoms with van der Waals surface area (Å²) in [6.45, 7) is 0. The van der Waals surface area contributed by atoms with Crippen LogP contribution in [0.15, 0.2) is 42.9 Å². The minimum absolute atomic E-state index is 0.181. The molecule has 0 atom stereocenters. The van der Waals surface area contributed by atoms with Crippen LogP contribution in [0.1, 0.15) is 5.56 Å². The summed E-state index contributed by atoms with van der Waals surface area (Å²) >= 11 is 0. The summed E-state index contributed by atoms with van der Waals surface area (Å²) in [7, 11) is 0. The first kappa shape index (κ1) is 11.6. The molecule has 0 fully saturated rings. The highest BCUT2D eigenvalue weighted by Crippen LogP contribution is 2.30. The van der Waals surface area contributed by atoms with Crippen LogP contribution in [0.4, 0.5) is 13.2 Å². The first-order valence-electron chi connectivity index (χ1n) is 5.38. The fourth-order valence-corrected chi connectivity index (χ4v) is 1.67.